The third kappa shape index (κ3) is 6.40. The van der Waals surface area contributed by atoms with Gasteiger partial charge in [0.05, 0.1) is 10.7 Å². The molecule has 0 saturated carbocycles. The highest BCUT2D eigenvalue weighted by molar-refractivity contribution is 7.89. The van der Waals surface area contributed by atoms with E-state index in [9.17, 15) is 18.0 Å². The van der Waals surface area contributed by atoms with E-state index in [0.29, 0.717) is 54.0 Å². The Kier molecular flexibility index (Phi) is 9.16. The van der Waals surface area contributed by atoms with Gasteiger partial charge in [0.2, 0.25) is 15.9 Å². The molecule has 1 atom stereocenters. The molecule has 12 nitrogen and oxygen atoms in total. The van der Waals surface area contributed by atoms with Gasteiger partial charge in [-0.3, -0.25) is 15.0 Å². The summed E-state index contributed by atoms with van der Waals surface area (Å²) in [6.07, 6.45) is 4.59. The number of sulfonamides is 1. The molecule has 1 unspecified atom stereocenters. The molecule has 4 heterocycles. The lowest BCUT2D eigenvalue weighted by molar-refractivity contribution is -0.136. The lowest BCUT2D eigenvalue weighted by Crippen LogP contribution is -2.55. The summed E-state index contributed by atoms with van der Waals surface area (Å²) in [5.74, 6) is -0.0907. The number of carbonyl (C=O) groups excluding carboxylic acids is 2. The van der Waals surface area contributed by atoms with Crippen LogP contribution in [0.2, 0.25) is 10.0 Å². The number of ether oxygens (including phenoxy) is 1. The SMILES string of the molecule is Cc1cn2cccc(OCc3c(Cl)ccc(S(=O)(=O)N4CCCC4C(=O)N4CCN(C(=O)c5ccc(C(=N)N)cc5)CC4)c3Cl)c2n1. The number of pyridine rings is 1. The van der Waals surface area contributed by atoms with E-state index in [1.54, 1.807) is 40.1 Å². The van der Waals surface area contributed by atoms with Gasteiger partial charge < -0.3 is 24.7 Å². The number of imidazole rings is 1. The molecule has 246 valence electrons. The molecule has 15 heteroatoms. The molecular formula is C32H33Cl2N7O5S. The van der Waals surface area contributed by atoms with Crippen molar-refractivity contribution in [2.45, 2.75) is 37.3 Å². The molecule has 0 aliphatic carbocycles. The molecule has 2 aliphatic heterocycles. The van der Waals surface area contributed by atoms with E-state index < -0.39 is 16.1 Å². The van der Waals surface area contributed by atoms with Crippen molar-refractivity contribution in [1.82, 2.24) is 23.5 Å². The second kappa shape index (κ2) is 13.1. The van der Waals surface area contributed by atoms with Crippen LogP contribution in [0.4, 0.5) is 0 Å². The number of nitrogens with zero attached hydrogens (tertiary/aromatic N) is 5. The summed E-state index contributed by atoms with van der Waals surface area (Å²) in [5, 5.41) is 7.71. The number of aryl methyl sites for hydroxylation is 1. The second-order valence-corrected chi connectivity index (χ2v) is 14.1. The fourth-order valence-corrected chi connectivity index (χ4v) is 8.51. The van der Waals surface area contributed by atoms with Crippen molar-refractivity contribution in [2.24, 2.45) is 5.73 Å². The van der Waals surface area contributed by atoms with Gasteiger partial charge in [0.1, 0.15) is 23.4 Å². The van der Waals surface area contributed by atoms with Gasteiger partial charge >= 0.3 is 0 Å². The van der Waals surface area contributed by atoms with E-state index in [1.165, 1.54) is 16.4 Å². The van der Waals surface area contributed by atoms with Crippen LogP contribution in [0.25, 0.3) is 5.65 Å². The minimum atomic E-state index is -4.19. The van der Waals surface area contributed by atoms with Crippen LogP contribution in [0, 0.1) is 12.3 Å². The van der Waals surface area contributed by atoms with Crippen molar-refractivity contribution >= 4 is 56.5 Å². The lowest BCUT2D eigenvalue weighted by Gasteiger charge is -2.37. The number of rotatable bonds is 8. The molecule has 4 aromatic rings. The minimum absolute atomic E-state index is 0.0643. The summed E-state index contributed by atoms with van der Waals surface area (Å²) < 4.78 is 37.1. The van der Waals surface area contributed by atoms with Crippen LogP contribution >= 0.6 is 23.2 Å². The molecule has 2 fully saturated rings. The monoisotopic (exact) mass is 697 g/mol. The number of halogens is 2. The highest BCUT2D eigenvalue weighted by atomic mass is 35.5. The van der Waals surface area contributed by atoms with Crippen LogP contribution in [-0.4, -0.2) is 88.3 Å². The van der Waals surface area contributed by atoms with Gasteiger partial charge in [-0.05, 0) is 56.2 Å². The van der Waals surface area contributed by atoms with Crippen LogP contribution in [0.3, 0.4) is 0 Å². The van der Waals surface area contributed by atoms with Gasteiger partial charge in [-0.25, -0.2) is 13.4 Å². The molecule has 3 N–H and O–H groups in total. The number of carbonyl (C=O) groups is 2. The molecule has 0 radical (unpaired) electrons. The Morgan fingerprint density at radius 1 is 1.00 bits per heavy atom. The predicted octanol–water partition coefficient (Wildman–Crippen LogP) is 3.95. The number of hydrogen-bond acceptors (Lipinski definition) is 7. The maximum atomic E-state index is 14.0. The number of amidine groups is 1. The topological polar surface area (TPSA) is 154 Å². The fourth-order valence-electron chi connectivity index (χ4n) is 6.00. The summed E-state index contributed by atoms with van der Waals surface area (Å²) >= 11 is 13.2. The molecule has 2 aliphatic rings. The first-order valence-corrected chi connectivity index (χ1v) is 17.2. The Morgan fingerprint density at radius 3 is 2.38 bits per heavy atom. The largest absolute Gasteiger partial charge is 0.485 e. The molecule has 6 rings (SSSR count). The maximum absolute atomic E-state index is 14.0. The van der Waals surface area contributed by atoms with E-state index in [0.717, 1.165) is 5.69 Å². The maximum Gasteiger partial charge on any atom is 0.253 e. The summed E-state index contributed by atoms with van der Waals surface area (Å²) in [6.45, 7) is 3.08. The number of nitrogens with two attached hydrogens (primary N) is 1. The normalized spacial score (nSPS) is 17.3. The Bertz CT molecular complexity index is 1980. The van der Waals surface area contributed by atoms with Crippen LogP contribution in [0.5, 0.6) is 5.75 Å². The number of aromatic nitrogens is 2. The molecule has 0 bridgehead atoms. The Labute approximate surface area is 282 Å². The van der Waals surface area contributed by atoms with Gasteiger partial charge in [-0.2, -0.15) is 4.31 Å². The van der Waals surface area contributed by atoms with Crippen LogP contribution in [0.1, 0.15) is 40.0 Å². The van der Waals surface area contributed by atoms with Gasteiger partial charge in [0, 0.05) is 66.8 Å². The molecule has 2 aromatic carbocycles. The quantitative estimate of drug-likeness (QED) is 0.209. The number of fused-ring (bicyclic) bond motifs is 1. The predicted molar refractivity (Wildman–Crippen MR) is 178 cm³/mol. The van der Waals surface area contributed by atoms with E-state index in [4.69, 9.17) is 39.1 Å². The summed E-state index contributed by atoms with van der Waals surface area (Å²) in [4.78, 5) is 34.3. The number of amides is 2. The molecule has 2 aromatic heterocycles. The number of nitrogens with one attached hydrogen (secondary N) is 1. The van der Waals surface area contributed by atoms with E-state index in [-0.39, 0.29) is 58.8 Å². The third-order valence-electron chi connectivity index (χ3n) is 8.49. The lowest BCUT2D eigenvalue weighted by atomic mass is 10.1. The molecule has 2 saturated heterocycles. The highest BCUT2D eigenvalue weighted by Gasteiger charge is 2.43. The number of hydrogen-bond donors (Lipinski definition) is 2. The van der Waals surface area contributed by atoms with E-state index in [2.05, 4.69) is 4.98 Å². The number of nitrogen functional groups attached to an aromatic ring is 1. The molecule has 47 heavy (non-hydrogen) atoms. The zero-order chi connectivity index (χ0) is 33.5. The number of piperazine rings is 1. The standard InChI is InChI=1S/C32H33Cl2N7O5S/c1-20-18-40-12-3-5-26(30(40)37-20)46-19-23-24(33)10-11-27(28(23)34)47(44,45)41-13-2-4-25(41)32(43)39-16-14-38(15-17-39)31(42)22-8-6-21(7-9-22)29(35)36/h3,5-12,18,25H,2,4,13-17,19H2,1H3,(H3,35,36). The van der Waals surface area contributed by atoms with Crippen molar-refractivity contribution in [2.75, 3.05) is 32.7 Å². The van der Waals surface area contributed by atoms with Crippen molar-refractivity contribution in [3.8, 4) is 5.75 Å². The van der Waals surface area contributed by atoms with Crippen molar-refractivity contribution < 1.29 is 22.7 Å². The minimum Gasteiger partial charge on any atom is -0.485 e. The summed E-state index contributed by atoms with van der Waals surface area (Å²) in [6, 6.07) is 12.0. The van der Waals surface area contributed by atoms with Crippen LogP contribution in [-0.2, 0) is 21.4 Å². The van der Waals surface area contributed by atoms with E-state index >= 15 is 0 Å². The Morgan fingerprint density at radius 2 is 1.68 bits per heavy atom. The first-order chi connectivity index (χ1) is 22.5. The zero-order valence-electron chi connectivity index (χ0n) is 25.5. The van der Waals surface area contributed by atoms with Gasteiger partial charge in [-0.15, -0.1) is 0 Å². The molecular weight excluding hydrogens is 665 g/mol. The van der Waals surface area contributed by atoms with Crippen molar-refractivity contribution in [3.05, 3.63) is 93.4 Å². The van der Waals surface area contributed by atoms with Gasteiger partial charge in [-0.1, -0.05) is 35.3 Å². The first kappa shape index (κ1) is 32.8. The van der Waals surface area contributed by atoms with Crippen LogP contribution < -0.4 is 10.5 Å². The van der Waals surface area contributed by atoms with E-state index in [1.807, 2.05) is 29.8 Å². The highest BCUT2D eigenvalue weighted by Crippen LogP contribution is 2.36. The second-order valence-electron chi connectivity index (χ2n) is 11.5. The third-order valence-corrected chi connectivity index (χ3v) is 11.3. The average Bonchev–Trinajstić information content (AvgIpc) is 3.71. The average molecular weight is 699 g/mol. The smallest absolute Gasteiger partial charge is 0.253 e. The summed E-state index contributed by atoms with van der Waals surface area (Å²) in [5.41, 5.74) is 8.21. The summed E-state index contributed by atoms with van der Waals surface area (Å²) in [7, 11) is -4.19. The number of benzene rings is 2. The Hall–Kier alpha value is -4.17. The van der Waals surface area contributed by atoms with Crippen LogP contribution in [0.15, 0.2) is 65.8 Å². The van der Waals surface area contributed by atoms with Gasteiger partial charge in [0.25, 0.3) is 5.91 Å². The van der Waals surface area contributed by atoms with Crippen molar-refractivity contribution in [1.29, 1.82) is 5.41 Å². The zero-order valence-corrected chi connectivity index (χ0v) is 27.9. The first-order valence-electron chi connectivity index (χ1n) is 15.0. The van der Waals surface area contributed by atoms with Crippen molar-refractivity contribution in [3.63, 3.8) is 0 Å². The molecule has 0 spiro atoms. The van der Waals surface area contributed by atoms with Gasteiger partial charge in [0.15, 0.2) is 11.4 Å². The fraction of sp³-hybridized carbons (Fsp3) is 0.312. The Balaban J connectivity index is 1.14. The molecule has 2 amide bonds.